The number of carbonyl (C=O) groups excluding carboxylic acids is 2. The summed E-state index contributed by atoms with van der Waals surface area (Å²) in [6, 6.07) is 12.5. The molecule has 0 bridgehead atoms. The molecule has 0 radical (unpaired) electrons. The van der Waals surface area contributed by atoms with Gasteiger partial charge in [-0.05, 0) is 93.2 Å². The molecular formula is C34H45Cl2N5O4. The van der Waals surface area contributed by atoms with Gasteiger partial charge in [0.05, 0.1) is 22.8 Å². The van der Waals surface area contributed by atoms with E-state index in [-0.39, 0.29) is 17.9 Å². The zero-order valence-electron chi connectivity index (χ0n) is 26.0. The number of nitrogens with zero attached hydrogens (tertiary/aromatic N) is 2. The van der Waals surface area contributed by atoms with Crippen LogP contribution in [0.25, 0.3) is 0 Å². The molecule has 3 amide bonds. The maximum atomic E-state index is 13.8. The number of urea groups is 1. The lowest BCUT2D eigenvalue weighted by Gasteiger charge is -2.39. The highest BCUT2D eigenvalue weighted by molar-refractivity contribution is 6.34. The Balaban J connectivity index is 1.04. The quantitative estimate of drug-likeness (QED) is 0.161. The van der Waals surface area contributed by atoms with Gasteiger partial charge in [-0.1, -0.05) is 48.7 Å². The fourth-order valence-electron chi connectivity index (χ4n) is 6.04. The first kappa shape index (κ1) is 33.4. The summed E-state index contributed by atoms with van der Waals surface area (Å²) >= 11 is 13.3. The highest BCUT2D eigenvalue weighted by atomic mass is 35.5. The Morgan fingerprint density at radius 2 is 1.58 bits per heavy atom. The molecule has 2 aromatic carbocycles. The molecular weight excluding hydrogens is 613 g/mol. The number of fused-ring (bicyclic) bond motifs is 1. The number of carboxylic acids is 1. The number of benzene rings is 2. The van der Waals surface area contributed by atoms with Crippen LogP contribution in [0.1, 0.15) is 75.8 Å². The van der Waals surface area contributed by atoms with Crippen molar-refractivity contribution in [2.24, 2.45) is 5.92 Å². The van der Waals surface area contributed by atoms with Crippen LogP contribution >= 0.6 is 23.2 Å². The third-order valence-electron chi connectivity index (χ3n) is 9.20. The van der Waals surface area contributed by atoms with Gasteiger partial charge in [0.2, 0.25) is 5.91 Å². The molecule has 2 fully saturated rings. The predicted octanol–water partition coefficient (Wildman–Crippen LogP) is 6.14. The Labute approximate surface area is 276 Å². The van der Waals surface area contributed by atoms with E-state index >= 15 is 0 Å². The number of rotatable bonds is 16. The Morgan fingerprint density at radius 1 is 0.933 bits per heavy atom. The summed E-state index contributed by atoms with van der Waals surface area (Å²) in [7, 11) is 0. The Bertz CT molecular complexity index is 1380. The average Bonchev–Trinajstić information content (AvgIpc) is 3.96. The van der Waals surface area contributed by atoms with Crippen molar-refractivity contribution in [2.45, 2.75) is 89.3 Å². The Hall–Kier alpha value is -3.01. The molecule has 2 saturated carbocycles. The standard InChI is InChI=1S/C34H45Cl2N5O4/c1-23(31(42)43)8-4-6-16-37-33(45)38-17-7-5-9-24-20-28(36)25(21-27(24)35)22-39-34(14-15-34)32(44)41-19-18-40(26-12-13-26)29-10-2-3-11-30(29)41/h2-3,10-11,20-21,23,26,39H,4-9,12-19,22H2,1H3,(H,42,43)(H2,37,38,45)/t23-/m1/s1. The van der Waals surface area contributed by atoms with E-state index in [0.29, 0.717) is 48.7 Å². The lowest BCUT2D eigenvalue weighted by atomic mass is 10.0. The molecule has 45 heavy (non-hydrogen) atoms. The fourth-order valence-corrected chi connectivity index (χ4v) is 6.57. The lowest BCUT2D eigenvalue weighted by Crippen LogP contribution is -2.53. The summed E-state index contributed by atoms with van der Waals surface area (Å²) in [4.78, 5) is 41.1. The molecule has 1 aliphatic heterocycles. The van der Waals surface area contributed by atoms with Crippen molar-refractivity contribution >= 4 is 52.5 Å². The SMILES string of the molecule is C[C@H](CCCCNC(=O)NCCCCc1cc(Cl)c(CNC2(C(=O)N3CCN(C4CC4)c4ccccc43)CC2)cc1Cl)C(=O)O. The van der Waals surface area contributed by atoms with Crippen molar-refractivity contribution < 1.29 is 19.5 Å². The van der Waals surface area contributed by atoms with Gasteiger partial charge >= 0.3 is 12.0 Å². The molecule has 4 N–H and O–H groups in total. The summed E-state index contributed by atoms with van der Waals surface area (Å²) < 4.78 is 0. The minimum atomic E-state index is -0.785. The van der Waals surface area contributed by atoms with Crippen LogP contribution in [0, 0.1) is 5.92 Å². The molecule has 2 aromatic rings. The number of unbranched alkanes of at least 4 members (excludes halogenated alkanes) is 2. The Morgan fingerprint density at radius 3 is 2.24 bits per heavy atom. The highest BCUT2D eigenvalue weighted by Crippen LogP contribution is 2.44. The number of carbonyl (C=O) groups is 3. The van der Waals surface area contributed by atoms with Crippen LogP contribution in [0.4, 0.5) is 16.2 Å². The van der Waals surface area contributed by atoms with Crippen LogP contribution < -0.4 is 25.8 Å². The van der Waals surface area contributed by atoms with E-state index in [9.17, 15) is 14.4 Å². The summed E-state index contributed by atoms with van der Waals surface area (Å²) in [5, 5.41) is 19.4. The zero-order chi connectivity index (χ0) is 32.0. The van der Waals surface area contributed by atoms with Gasteiger partial charge in [-0.25, -0.2) is 4.79 Å². The zero-order valence-corrected chi connectivity index (χ0v) is 27.6. The van der Waals surface area contributed by atoms with Gasteiger partial charge in [0.25, 0.3) is 0 Å². The van der Waals surface area contributed by atoms with Crippen LogP contribution in [-0.2, 0) is 22.6 Å². The second-order valence-corrected chi connectivity index (χ2v) is 13.5. The van der Waals surface area contributed by atoms with E-state index in [2.05, 4.69) is 39.0 Å². The second-order valence-electron chi connectivity index (χ2n) is 12.7. The smallest absolute Gasteiger partial charge is 0.314 e. The molecule has 1 atom stereocenters. The first-order valence-corrected chi connectivity index (χ1v) is 17.1. The molecule has 244 valence electrons. The summed E-state index contributed by atoms with van der Waals surface area (Å²) in [6.45, 7) is 4.80. The van der Waals surface area contributed by atoms with Gasteiger partial charge < -0.3 is 25.5 Å². The third kappa shape index (κ3) is 8.63. The minimum absolute atomic E-state index is 0.136. The molecule has 0 spiro atoms. The molecule has 0 unspecified atom stereocenters. The van der Waals surface area contributed by atoms with Gasteiger partial charge in [-0.15, -0.1) is 0 Å². The van der Waals surface area contributed by atoms with Gasteiger partial charge in [-0.3, -0.25) is 14.9 Å². The first-order valence-electron chi connectivity index (χ1n) is 16.3. The first-order chi connectivity index (χ1) is 21.7. The fraction of sp³-hybridized carbons (Fsp3) is 0.559. The van der Waals surface area contributed by atoms with E-state index in [0.717, 1.165) is 74.0 Å². The Kier molecular flexibility index (Phi) is 11.2. The molecule has 0 saturated heterocycles. The van der Waals surface area contributed by atoms with E-state index < -0.39 is 11.5 Å². The monoisotopic (exact) mass is 657 g/mol. The second kappa shape index (κ2) is 15.1. The van der Waals surface area contributed by atoms with Crippen molar-refractivity contribution in [1.82, 2.24) is 16.0 Å². The number of amides is 3. The molecule has 5 rings (SSSR count). The molecule has 3 aliphatic rings. The lowest BCUT2D eigenvalue weighted by molar-refractivity contribution is -0.141. The van der Waals surface area contributed by atoms with Crippen LogP contribution in [0.2, 0.25) is 10.0 Å². The minimum Gasteiger partial charge on any atom is -0.481 e. The maximum Gasteiger partial charge on any atom is 0.314 e. The number of hydrogen-bond acceptors (Lipinski definition) is 5. The topological polar surface area (TPSA) is 114 Å². The van der Waals surface area contributed by atoms with Crippen molar-refractivity contribution in [3.8, 4) is 0 Å². The van der Waals surface area contributed by atoms with Gasteiger partial charge in [-0.2, -0.15) is 0 Å². The summed E-state index contributed by atoms with van der Waals surface area (Å²) in [5.74, 6) is -1.01. The van der Waals surface area contributed by atoms with Crippen LogP contribution in [0.15, 0.2) is 36.4 Å². The van der Waals surface area contributed by atoms with Crippen molar-refractivity contribution in [1.29, 1.82) is 0 Å². The van der Waals surface area contributed by atoms with Crippen LogP contribution in [0.3, 0.4) is 0 Å². The summed E-state index contributed by atoms with van der Waals surface area (Å²) in [6.07, 6.45) is 8.56. The van der Waals surface area contributed by atoms with E-state index in [1.165, 1.54) is 12.8 Å². The number of aliphatic carboxylic acids is 1. The number of halogens is 2. The maximum absolute atomic E-state index is 13.8. The molecule has 0 aromatic heterocycles. The van der Waals surface area contributed by atoms with Crippen molar-refractivity contribution in [3.05, 3.63) is 57.6 Å². The number of hydrogen-bond donors (Lipinski definition) is 4. The molecule has 9 nitrogen and oxygen atoms in total. The van der Waals surface area contributed by atoms with Gasteiger partial charge in [0.15, 0.2) is 0 Å². The predicted molar refractivity (Wildman–Crippen MR) is 179 cm³/mol. The summed E-state index contributed by atoms with van der Waals surface area (Å²) in [5.41, 5.74) is 3.44. The number of para-hydroxylation sites is 2. The normalized spacial score (nSPS) is 17.4. The molecule has 11 heteroatoms. The molecule has 2 aliphatic carbocycles. The largest absolute Gasteiger partial charge is 0.481 e. The van der Waals surface area contributed by atoms with Gasteiger partial charge in [0.1, 0.15) is 0 Å². The number of carboxylic acid groups (broad SMARTS) is 1. The third-order valence-corrected chi connectivity index (χ3v) is 9.90. The highest BCUT2D eigenvalue weighted by Gasteiger charge is 2.52. The van der Waals surface area contributed by atoms with Gasteiger partial charge in [0, 0.05) is 48.8 Å². The van der Waals surface area contributed by atoms with Crippen molar-refractivity contribution in [2.75, 3.05) is 36.0 Å². The number of nitrogens with one attached hydrogen (secondary N) is 3. The van der Waals surface area contributed by atoms with Crippen LogP contribution in [-0.4, -0.2) is 60.8 Å². The van der Waals surface area contributed by atoms with Crippen molar-refractivity contribution in [3.63, 3.8) is 0 Å². The van der Waals surface area contributed by atoms with E-state index in [1.807, 2.05) is 23.1 Å². The molecule has 1 heterocycles. The van der Waals surface area contributed by atoms with E-state index in [4.69, 9.17) is 28.3 Å². The number of anilines is 2. The van der Waals surface area contributed by atoms with E-state index in [1.54, 1.807) is 6.92 Å². The average molecular weight is 659 g/mol. The van der Waals surface area contributed by atoms with Crippen LogP contribution in [0.5, 0.6) is 0 Å². The number of aryl methyl sites for hydroxylation is 1.